The predicted octanol–water partition coefficient (Wildman–Crippen LogP) is 5.28. The van der Waals surface area contributed by atoms with Gasteiger partial charge < -0.3 is 18.8 Å². The van der Waals surface area contributed by atoms with E-state index < -0.39 is 0 Å². The summed E-state index contributed by atoms with van der Waals surface area (Å²) >= 11 is 1.54. The first-order valence-corrected chi connectivity index (χ1v) is 11.5. The van der Waals surface area contributed by atoms with Gasteiger partial charge in [-0.1, -0.05) is 23.5 Å². The lowest BCUT2D eigenvalue weighted by atomic mass is 10.1. The fourth-order valence-corrected chi connectivity index (χ4v) is 4.76. The van der Waals surface area contributed by atoms with Crippen LogP contribution in [0.25, 0.3) is 10.2 Å². The molecule has 0 fully saturated rings. The second-order valence-corrected chi connectivity index (χ2v) is 8.00. The summed E-state index contributed by atoms with van der Waals surface area (Å²) in [6, 6.07) is 7.58. The lowest BCUT2D eigenvalue weighted by molar-refractivity contribution is 0.0996. The van der Waals surface area contributed by atoms with Crippen molar-refractivity contribution in [2.75, 3.05) is 19.8 Å². The molecule has 6 nitrogen and oxygen atoms in total. The summed E-state index contributed by atoms with van der Waals surface area (Å²) in [5.41, 5.74) is 3.89. The second kappa shape index (κ2) is 10.0. The van der Waals surface area contributed by atoms with E-state index in [1.54, 1.807) is 23.5 Å². The van der Waals surface area contributed by atoms with Crippen LogP contribution in [0.5, 0.6) is 17.2 Å². The molecule has 1 heterocycles. The highest BCUT2D eigenvalue weighted by molar-refractivity contribution is 7.16. The van der Waals surface area contributed by atoms with E-state index in [4.69, 9.17) is 14.2 Å². The Morgan fingerprint density at radius 2 is 1.52 bits per heavy atom. The topological polar surface area (TPSA) is 62.0 Å². The average Bonchev–Trinajstić information content (AvgIpc) is 3.12. The number of carbonyl (C=O) groups is 1. The lowest BCUT2D eigenvalue weighted by Crippen LogP contribution is -2.16. The molecule has 166 valence electrons. The number of amides is 1. The Balaban J connectivity index is 2.16. The first-order chi connectivity index (χ1) is 14.9. The molecule has 0 aliphatic carbocycles. The summed E-state index contributed by atoms with van der Waals surface area (Å²) in [4.78, 5) is 18.4. The van der Waals surface area contributed by atoms with Gasteiger partial charge in [0.05, 0.1) is 30.0 Å². The van der Waals surface area contributed by atoms with E-state index in [2.05, 4.69) is 42.5 Å². The van der Waals surface area contributed by atoms with E-state index in [1.807, 2.05) is 20.8 Å². The normalized spacial score (nSPS) is 11.7. The van der Waals surface area contributed by atoms with Gasteiger partial charge in [-0.3, -0.25) is 4.79 Å². The minimum atomic E-state index is -0.339. The third-order valence-corrected chi connectivity index (χ3v) is 6.11. The molecule has 7 heteroatoms. The smallest absolute Gasteiger partial charge is 0.279 e. The minimum absolute atomic E-state index is 0.339. The van der Waals surface area contributed by atoms with Crippen LogP contribution < -0.4 is 19.0 Å². The molecule has 0 radical (unpaired) electrons. The molecule has 0 aliphatic heterocycles. The van der Waals surface area contributed by atoms with Gasteiger partial charge >= 0.3 is 0 Å². The van der Waals surface area contributed by atoms with Crippen molar-refractivity contribution in [3.8, 4) is 17.2 Å². The number of ether oxygens (including phenoxy) is 3. The molecule has 0 aliphatic rings. The fourth-order valence-electron chi connectivity index (χ4n) is 3.52. The molecule has 0 N–H and O–H groups in total. The monoisotopic (exact) mass is 442 g/mol. The summed E-state index contributed by atoms with van der Waals surface area (Å²) in [6.45, 7) is 14.0. The van der Waals surface area contributed by atoms with Gasteiger partial charge in [0.2, 0.25) is 5.75 Å². The number of hydrogen-bond donors (Lipinski definition) is 0. The molecule has 0 unspecified atom stereocenters. The van der Waals surface area contributed by atoms with Crippen LogP contribution in [0.3, 0.4) is 0 Å². The molecular weight excluding hydrogens is 412 g/mol. The Bertz CT molecular complexity index is 1130. The van der Waals surface area contributed by atoms with Crippen molar-refractivity contribution in [3.05, 3.63) is 45.8 Å². The summed E-state index contributed by atoms with van der Waals surface area (Å²) in [5, 5.41) is 0. The largest absolute Gasteiger partial charge is 0.490 e. The summed E-state index contributed by atoms with van der Waals surface area (Å²) < 4.78 is 20.5. The van der Waals surface area contributed by atoms with Gasteiger partial charge in [-0.2, -0.15) is 4.99 Å². The van der Waals surface area contributed by atoms with E-state index in [9.17, 15) is 4.79 Å². The highest BCUT2D eigenvalue weighted by Gasteiger charge is 2.19. The molecule has 1 amide bonds. The minimum Gasteiger partial charge on any atom is -0.490 e. The van der Waals surface area contributed by atoms with Gasteiger partial charge in [-0.15, -0.1) is 0 Å². The Morgan fingerprint density at radius 3 is 2.06 bits per heavy atom. The number of aryl methyl sites for hydroxylation is 3. The number of thiazole rings is 1. The maximum Gasteiger partial charge on any atom is 0.279 e. The SMILES string of the molecule is CCOc1cc(C(=O)N=c2sc3c(C)ccc(C)c3n2CC)cc(OCC)c1OCC. The van der Waals surface area contributed by atoms with Crippen molar-refractivity contribution in [1.82, 2.24) is 4.57 Å². The van der Waals surface area contributed by atoms with Crippen LogP contribution in [0.1, 0.15) is 49.2 Å². The van der Waals surface area contributed by atoms with E-state index >= 15 is 0 Å². The maximum atomic E-state index is 13.2. The van der Waals surface area contributed by atoms with Gasteiger partial charge in [0.15, 0.2) is 16.3 Å². The number of benzene rings is 2. The molecule has 0 atom stereocenters. The van der Waals surface area contributed by atoms with Crippen molar-refractivity contribution < 1.29 is 19.0 Å². The van der Waals surface area contributed by atoms with Crippen LogP contribution in [0, 0.1) is 13.8 Å². The Hall–Kier alpha value is -2.80. The molecule has 0 bridgehead atoms. The molecule has 2 aromatic carbocycles. The van der Waals surface area contributed by atoms with Crippen LogP contribution >= 0.6 is 11.3 Å². The van der Waals surface area contributed by atoms with E-state index in [-0.39, 0.29) is 5.91 Å². The number of fused-ring (bicyclic) bond motifs is 1. The van der Waals surface area contributed by atoms with Crippen molar-refractivity contribution in [3.63, 3.8) is 0 Å². The van der Waals surface area contributed by atoms with Gasteiger partial charge in [-0.25, -0.2) is 0 Å². The number of aromatic nitrogens is 1. The molecule has 3 aromatic rings. The Morgan fingerprint density at radius 1 is 0.935 bits per heavy atom. The zero-order chi connectivity index (χ0) is 22.5. The van der Waals surface area contributed by atoms with E-state index in [1.165, 1.54) is 11.1 Å². The summed E-state index contributed by atoms with van der Waals surface area (Å²) in [7, 11) is 0. The maximum absolute atomic E-state index is 13.2. The highest BCUT2D eigenvalue weighted by atomic mass is 32.1. The van der Waals surface area contributed by atoms with Crippen molar-refractivity contribution in [2.24, 2.45) is 4.99 Å². The molecule has 3 rings (SSSR count). The fraction of sp³-hybridized carbons (Fsp3) is 0.417. The first-order valence-electron chi connectivity index (χ1n) is 10.7. The van der Waals surface area contributed by atoms with Crippen molar-refractivity contribution in [2.45, 2.75) is 48.1 Å². The molecule has 1 aromatic heterocycles. The van der Waals surface area contributed by atoms with Crippen LogP contribution in [0.2, 0.25) is 0 Å². The van der Waals surface area contributed by atoms with Gasteiger partial charge in [-0.05, 0) is 64.8 Å². The predicted molar refractivity (Wildman–Crippen MR) is 125 cm³/mol. The molecule has 0 saturated heterocycles. The van der Waals surface area contributed by atoms with Crippen LogP contribution in [0.4, 0.5) is 0 Å². The highest BCUT2D eigenvalue weighted by Crippen LogP contribution is 2.39. The third-order valence-electron chi connectivity index (χ3n) is 4.89. The molecule has 0 spiro atoms. The van der Waals surface area contributed by atoms with E-state index in [0.29, 0.717) is 47.4 Å². The molecule has 0 saturated carbocycles. The van der Waals surface area contributed by atoms with Crippen LogP contribution in [-0.4, -0.2) is 30.3 Å². The summed E-state index contributed by atoms with van der Waals surface area (Å²) in [6.07, 6.45) is 0. The second-order valence-electron chi connectivity index (χ2n) is 7.02. The van der Waals surface area contributed by atoms with Gasteiger partial charge in [0, 0.05) is 12.1 Å². The average molecular weight is 443 g/mol. The van der Waals surface area contributed by atoms with Gasteiger partial charge in [0.1, 0.15) is 0 Å². The first kappa shape index (κ1) is 22.9. The van der Waals surface area contributed by atoms with Crippen molar-refractivity contribution in [1.29, 1.82) is 0 Å². The number of carbonyl (C=O) groups excluding carboxylic acids is 1. The lowest BCUT2D eigenvalue weighted by Gasteiger charge is -2.16. The zero-order valence-electron chi connectivity index (χ0n) is 19.1. The zero-order valence-corrected chi connectivity index (χ0v) is 19.9. The number of nitrogens with zero attached hydrogens (tertiary/aromatic N) is 2. The summed E-state index contributed by atoms with van der Waals surface area (Å²) in [5.74, 6) is 1.15. The Kier molecular flexibility index (Phi) is 7.38. The molecular formula is C24H30N2O4S. The third kappa shape index (κ3) is 4.61. The standard InChI is InChI=1S/C24H30N2O4S/c1-7-26-20-15(5)11-12-16(6)22(20)31-24(26)25-23(27)17-13-18(28-8-2)21(30-10-4)19(14-17)29-9-3/h11-14H,7-10H2,1-6H3. The molecule has 31 heavy (non-hydrogen) atoms. The number of hydrogen-bond acceptors (Lipinski definition) is 5. The Labute approximate surface area is 187 Å². The van der Waals surface area contributed by atoms with Crippen molar-refractivity contribution >= 4 is 27.5 Å². The van der Waals surface area contributed by atoms with Crippen LogP contribution in [0.15, 0.2) is 29.3 Å². The number of rotatable bonds is 8. The van der Waals surface area contributed by atoms with Gasteiger partial charge in [0.25, 0.3) is 5.91 Å². The van der Waals surface area contributed by atoms with E-state index in [0.717, 1.165) is 16.8 Å². The van der Waals surface area contributed by atoms with Crippen LogP contribution in [-0.2, 0) is 6.54 Å². The quantitative estimate of drug-likeness (QED) is 0.476.